The van der Waals surface area contributed by atoms with E-state index < -0.39 is 9.84 Å². The Kier molecular flexibility index (Phi) is 4.68. The first-order valence-corrected chi connectivity index (χ1v) is 11.0. The van der Waals surface area contributed by atoms with Crippen molar-refractivity contribution in [3.63, 3.8) is 0 Å². The zero-order valence-electron chi connectivity index (χ0n) is 15.2. The standard InChI is InChI=1S/C21H22O5S/c1-14-10-18(26-17-5-8-27(23,24)9-6-17)12-16-4-7-25-20-3-2-15(13-22)11-19(20)21(14)16/h2-3,10-13,17H,4-9H2,1H3. The molecule has 0 spiro atoms. The van der Waals surface area contributed by atoms with Gasteiger partial charge in [0.15, 0.2) is 9.84 Å². The maximum absolute atomic E-state index is 11.6. The highest BCUT2D eigenvalue weighted by Crippen LogP contribution is 2.40. The minimum atomic E-state index is -2.90. The van der Waals surface area contributed by atoms with Gasteiger partial charge < -0.3 is 9.47 Å². The normalized spacial score (nSPS) is 18.6. The van der Waals surface area contributed by atoms with Crippen LogP contribution in [0.5, 0.6) is 11.5 Å². The number of sulfone groups is 1. The predicted molar refractivity (Wildman–Crippen MR) is 104 cm³/mol. The number of rotatable bonds is 3. The molecule has 4 rings (SSSR count). The van der Waals surface area contributed by atoms with Crippen molar-refractivity contribution < 1.29 is 22.7 Å². The van der Waals surface area contributed by atoms with E-state index in [9.17, 15) is 13.2 Å². The van der Waals surface area contributed by atoms with Gasteiger partial charge >= 0.3 is 0 Å². The second-order valence-corrected chi connectivity index (χ2v) is 9.52. The van der Waals surface area contributed by atoms with E-state index in [1.54, 1.807) is 6.07 Å². The lowest BCUT2D eigenvalue weighted by Gasteiger charge is -2.24. The average molecular weight is 386 g/mol. The molecular weight excluding hydrogens is 364 g/mol. The first-order valence-electron chi connectivity index (χ1n) is 9.18. The molecule has 1 saturated heterocycles. The van der Waals surface area contributed by atoms with Crippen LogP contribution in [0.1, 0.15) is 34.3 Å². The summed E-state index contributed by atoms with van der Waals surface area (Å²) in [7, 11) is -2.90. The quantitative estimate of drug-likeness (QED) is 0.757. The molecule has 2 aliphatic heterocycles. The number of aryl methyl sites for hydroxylation is 1. The van der Waals surface area contributed by atoms with Gasteiger partial charge in [-0.3, -0.25) is 4.79 Å². The Labute approximate surface area is 159 Å². The third-order valence-electron chi connectivity index (χ3n) is 5.23. The van der Waals surface area contributed by atoms with E-state index >= 15 is 0 Å². The maximum Gasteiger partial charge on any atom is 0.150 e. The molecule has 1 fully saturated rings. The molecule has 0 unspecified atom stereocenters. The van der Waals surface area contributed by atoms with Crippen LogP contribution in [0.2, 0.25) is 0 Å². The van der Waals surface area contributed by atoms with Gasteiger partial charge in [-0.2, -0.15) is 0 Å². The van der Waals surface area contributed by atoms with E-state index in [0.717, 1.165) is 46.5 Å². The molecule has 0 saturated carbocycles. The van der Waals surface area contributed by atoms with E-state index in [2.05, 4.69) is 0 Å². The number of ether oxygens (including phenoxy) is 2. The summed E-state index contributed by atoms with van der Waals surface area (Å²) in [5.74, 6) is 1.94. The minimum absolute atomic E-state index is 0.0676. The van der Waals surface area contributed by atoms with Gasteiger partial charge in [0.1, 0.15) is 23.9 Å². The Morgan fingerprint density at radius 3 is 2.67 bits per heavy atom. The van der Waals surface area contributed by atoms with Crippen molar-refractivity contribution in [1.82, 2.24) is 0 Å². The van der Waals surface area contributed by atoms with Gasteiger partial charge in [-0.1, -0.05) is 0 Å². The molecule has 5 nitrogen and oxygen atoms in total. The maximum atomic E-state index is 11.6. The fourth-order valence-corrected chi connectivity index (χ4v) is 5.31. The smallest absolute Gasteiger partial charge is 0.150 e. The van der Waals surface area contributed by atoms with Crippen LogP contribution in [-0.2, 0) is 16.3 Å². The molecule has 0 atom stereocenters. The second-order valence-electron chi connectivity index (χ2n) is 7.22. The summed E-state index contributed by atoms with van der Waals surface area (Å²) in [6.07, 6.45) is 2.59. The van der Waals surface area contributed by atoms with Crippen LogP contribution < -0.4 is 9.47 Å². The van der Waals surface area contributed by atoms with Crippen LogP contribution in [-0.4, -0.2) is 38.9 Å². The number of carbonyl (C=O) groups excluding carboxylic acids is 1. The Hall–Kier alpha value is -2.34. The Balaban J connectivity index is 1.67. The third-order valence-corrected chi connectivity index (χ3v) is 6.95. The largest absolute Gasteiger partial charge is 0.493 e. The Bertz CT molecular complexity index is 980. The van der Waals surface area contributed by atoms with E-state index in [1.165, 1.54) is 0 Å². The number of carbonyl (C=O) groups is 1. The lowest BCUT2D eigenvalue weighted by atomic mass is 9.92. The monoisotopic (exact) mass is 386 g/mol. The molecule has 0 amide bonds. The zero-order chi connectivity index (χ0) is 19.0. The van der Waals surface area contributed by atoms with Gasteiger partial charge in [0.05, 0.1) is 18.1 Å². The second kappa shape index (κ2) is 7.00. The topological polar surface area (TPSA) is 69.7 Å². The van der Waals surface area contributed by atoms with Crippen LogP contribution in [0.15, 0.2) is 30.3 Å². The number of hydrogen-bond donors (Lipinski definition) is 0. The molecule has 0 aliphatic carbocycles. The molecule has 2 aromatic carbocycles. The van der Waals surface area contributed by atoms with E-state index in [4.69, 9.17) is 9.47 Å². The Morgan fingerprint density at radius 2 is 1.93 bits per heavy atom. The van der Waals surface area contributed by atoms with Crippen LogP contribution in [0.3, 0.4) is 0 Å². The van der Waals surface area contributed by atoms with Crippen LogP contribution >= 0.6 is 0 Å². The fraction of sp³-hybridized carbons (Fsp3) is 0.381. The van der Waals surface area contributed by atoms with Crippen molar-refractivity contribution in [3.8, 4) is 22.6 Å². The molecule has 2 aliphatic rings. The molecule has 0 aromatic heterocycles. The van der Waals surface area contributed by atoms with Crippen molar-refractivity contribution in [3.05, 3.63) is 47.0 Å². The summed E-state index contributed by atoms with van der Waals surface area (Å²) in [4.78, 5) is 11.2. The van der Waals surface area contributed by atoms with Crippen molar-refractivity contribution >= 4 is 16.1 Å². The molecule has 2 aromatic rings. The minimum Gasteiger partial charge on any atom is -0.493 e. The van der Waals surface area contributed by atoms with Gasteiger partial charge in [-0.05, 0) is 66.8 Å². The predicted octanol–water partition coefficient (Wildman–Crippen LogP) is 3.37. The van der Waals surface area contributed by atoms with Gasteiger partial charge in [0.25, 0.3) is 0 Å². The van der Waals surface area contributed by atoms with Gasteiger partial charge in [-0.25, -0.2) is 8.42 Å². The van der Waals surface area contributed by atoms with E-state index in [0.29, 0.717) is 25.0 Å². The van der Waals surface area contributed by atoms with Crippen molar-refractivity contribution in [2.75, 3.05) is 18.1 Å². The Morgan fingerprint density at radius 1 is 1.15 bits per heavy atom. The number of fused-ring (bicyclic) bond motifs is 3. The summed E-state index contributed by atoms with van der Waals surface area (Å²) < 4.78 is 35.2. The first-order chi connectivity index (χ1) is 12.9. The highest BCUT2D eigenvalue weighted by Gasteiger charge is 2.26. The third kappa shape index (κ3) is 3.72. The molecule has 142 valence electrons. The van der Waals surface area contributed by atoms with Crippen molar-refractivity contribution in [2.24, 2.45) is 0 Å². The number of hydrogen-bond acceptors (Lipinski definition) is 5. The lowest BCUT2D eigenvalue weighted by molar-refractivity contribution is 0.112. The van der Waals surface area contributed by atoms with E-state index in [1.807, 2.05) is 31.2 Å². The SMILES string of the molecule is Cc1cc(OC2CCS(=O)(=O)CC2)cc2c1-c1cc(C=O)ccc1OCC2. The van der Waals surface area contributed by atoms with Gasteiger partial charge in [-0.15, -0.1) is 0 Å². The molecular formula is C21H22O5S. The molecule has 2 heterocycles. The summed E-state index contributed by atoms with van der Waals surface area (Å²) in [6.45, 7) is 2.59. The van der Waals surface area contributed by atoms with Gasteiger partial charge in [0.2, 0.25) is 0 Å². The van der Waals surface area contributed by atoms with Crippen LogP contribution in [0, 0.1) is 6.92 Å². The highest BCUT2D eigenvalue weighted by molar-refractivity contribution is 7.91. The average Bonchev–Trinajstić information content (AvgIpc) is 2.82. The van der Waals surface area contributed by atoms with Crippen molar-refractivity contribution in [1.29, 1.82) is 0 Å². The lowest BCUT2D eigenvalue weighted by Crippen LogP contribution is -2.30. The van der Waals surface area contributed by atoms with Crippen LogP contribution in [0.4, 0.5) is 0 Å². The number of benzene rings is 2. The molecule has 27 heavy (non-hydrogen) atoms. The number of aldehydes is 1. The summed E-state index contributed by atoms with van der Waals surface area (Å²) in [5.41, 5.74) is 4.81. The molecule has 0 radical (unpaired) electrons. The summed E-state index contributed by atoms with van der Waals surface area (Å²) >= 11 is 0. The highest BCUT2D eigenvalue weighted by atomic mass is 32.2. The summed E-state index contributed by atoms with van der Waals surface area (Å²) in [5, 5.41) is 0. The molecule has 0 N–H and O–H groups in total. The molecule has 6 heteroatoms. The van der Waals surface area contributed by atoms with Crippen LogP contribution in [0.25, 0.3) is 11.1 Å². The zero-order valence-corrected chi connectivity index (χ0v) is 16.1. The fourth-order valence-electron chi connectivity index (χ4n) is 3.87. The van der Waals surface area contributed by atoms with Crippen molar-refractivity contribution in [2.45, 2.75) is 32.3 Å². The van der Waals surface area contributed by atoms with Gasteiger partial charge in [0, 0.05) is 17.5 Å². The first kappa shape index (κ1) is 18.0. The summed E-state index contributed by atoms with van der Waals surface area (Å²) in [6, 6.07) is 9.50. The molecule has 0 bridgehead atoms. The van der Waals surface area contributed by atoms with E-state index in [-0.39, 0.29) is 17.6 Å².